The van der Waals surface area contributed by atoms with Gasteiger partial charge in [-0.25, -0.2) is 0 Å². The monoisotopic (exact) mass is 394 g/mol. The van der Waals surface area contributed by atoms with E-state index in [2.05, 4.69) is 5.32 Å². The summed E-state index contributed by atoms with van der Waals surface area (Å²) in [4.78, 5) is 27.7. The lowest BCUT2D eigenvalue weighted by Crippen LogP contribution is -2.54. The van der Waals surface area contributed by atoms with Crippen LogP contribution in [0.15, 0.2) is 48.5 Å². The van der Waals surface area contributed by atoms with Crippen molar-refractivity contribution in [1.29, 1.82) is 0 Å². The highest BCUT2D eigenvalue weighted by atomic mass is 16.5. The van der Waals surface area contributed by atoms with Crippen LogP contribution in [-0.2, 0) is 22.5 Å². The summed E-state index contributed by atoms with van der Waals surface area (Å²) in [6, 6.07) is 14.7. The van der Waals surface area contributed by atoms with E-state index in [4.69, 9.17) is 4.74 Å². The van der Waals surface area contributed by atoms with Crippen molar-refractivity contribution in [3.05, 3.63) is 65.2 Å². The third kappa shape index (κ3) is 4.12. The Balaban J connectivity index is 1.41. The maximum Gasteiger partial charge on any atom is 0.254 e. The van der Waals surface area contributed by atoms with Crippen LogP contribution in [0.4, 0.5) is 0 Å². The second-order valence-electron chi connectivity index (χ2n) is 7.83. The fourth-order valence-electron chi connectivity index (χ4n) is 4.30. The molecule has 1 fully saturated rings. The van der Waals surface area contributed by atoms with Crippen LogP contribution in [0.3, 0.4) is 0 Å². The number of nitrogens with one attached hydrogen (secondary N) is 1. The van der Waals surface area contributed by atoms with Gasteiger partial charge in [-0.2, -0.15) is 0 Å². The Bertz CT molecular complexity index is 888. The number of benzene rings is 2. The van der Waals surface area contributed by atoms with E-state index in [9.17, 15) is 14.7 Å². The molecule has 2 aromatic rings. The lowest BCUT2D eigenvalue weighted by molar-refractivity contribution is -0.125. The lowest BCUT2D eigenvalue weighted by atomic mass is 9.84. The molecule has 6 heteroatoms. The second-order valence-corrected chi connectivity index (χ2v) is 7.83. The molecule has 2 aromatic carbocycles. The third-order valence-electron chi connectivity index (χ3n) is 5.98. The molecule has 0 aliphatic carbocycles. The number of fused-ring (bicyclic) bond motifs is 1. The Morgan fingerprint density at radius 1 is 1.10 bits per heavy atom. The van der Waals surface area contributed by atoms with Gasteiger partial charge in [-0.15, -0.1) is 0 Å². The molecule has 2 aliphatic rings. The predicted octanol–water partition coefficient (Wildman–Crippen LogP) is 2.65. The van der Waals surface area contributed by atoms with Gasteiger partial charge in [0, 0.05) is 31.9 Å². The van der Waals surface area contributed by atoms with Crippen molar-refractivity contribution in [2.75, 3.05) is 19.8 Å². The van der Waals surface area contributed by atoms with Crippen LogP contribution in [0.5, 0.6) is 5.75 Å². The molecule has 29 heavy (non-hydrogen) atoms. The van der Waals surface area contributed by atoms with E-state index < -0.39 is 5.54 Å². The first kappa shape index (κ1) is 19.5. The van der Waals surface area contributed by atoms with Crippen LogP contribution in [0.25, 0.3) is 0 Å². The van der Waals surface area contributed by atoms with Crippen molar-refractivity contribution in [3.8, 4) is 5.75 Å². The van der Waals surface area contributed by atoms with Crippen molar-refractivity contribution >= 4 is 11.8 Å². The number of aromatic hydroxyl groups is 1. The number of phenols is 1. The average Bonchev–Trinajstić information content (AvgIpc) is 3.08. The highest BCUT2D eigenvalue weighted by Crippen LogP contribution is 2.38. The largest absolute Gasteiger partial charge is 0.508 e. The SMILES string of the molecule is O=C(CC1(N2Cc3ccccc3C2=O)CCOCC1)NCCc1ccc(O)cc1. The van der Waals surface area contributed by atoms with Gasteiger partial charge in [0.05, 0.1) is 12.0 Å². The van der Waals surface area contributed by atoms with Gasteiger partial charge in [-0.05, 0) is 48.6 Å². The maximum atomic E-state index is 13.0. The first-order valence-corrected chi connectivity index (χ1v) is 10.1. The van der Waals surface area contributed by atoms with Gasteiger partial charge in [0.2, 0.25) is 5.91 Å². The van der Waals surface area contributed by atoms with Gasteiger partial charge in [0.1, 0.15) is 5.75 Å². The van der Waals surface area contributed by atoms with E-state index in [1.807, 2.05) is 41.3 Å². The summed E-state index contributed by atoms with van der Waals surface area (Å²) in [6.07, 6.45) is 2.30. The Morgan fingerprint density at radius 2 is 1.83 bits per heavy atom. The summed E-state index contributed by atoms with van der Waals surface area (Å²) in [5.74, 6) is 0.198. The third-order valence-corrected chi connectivity index (χ3v) is 5.98. The number of ether oxygens (including phenoxy) is 1. The standard InChI is InChI=1S/C23H26N2O4/c26-19-7-5-17(6-8-19)9-12-24-21(27)15-23(10-13-29-14-11-23)25-16-18-3-1-2-4-20(18)22(25)28/h1-8,26H,9-16H2,(H,24,27). The normalized spacial score (nSPS) is 17.8. The van der Waals surface area contributed by atoms with E-state index in [1.165, 1.54) is 0 Å². The highest BCUT2D eigenvalue weighted by molar-refractivity contribution is 5.99. The zero-order chi connectivity index (χ0) is 20.3. The summed E-state index contributed by atoms with van der Waals surface area (Å²) in [5, 5.41) is 12.4. The number of hydrogen-bond donors (Lipinski definition) is 2. The van der Waals surface area contributed by atoms with Crippen molar-refractivity contribution < 1.29 is 19.4 Å². The lowest BCUT2D eigenvalue weighted by Gasteiger charge is -2.44. The molecular formula is C23H26N2O4. The minimum absolute atomic E-state index is 0.0133. The Kier molecular flexibility index (Phi) is 5.53. The van der Waals surface area contributed by atoms with Gasteiger partial charge in [0.25, 0.3) is 5.91 Å². The van der Waals surface area contributed by atoms with Crippen molar-refractivity contribution in [3.63, 3.8) is 0 Å². The van der Waals surface area contributed by atoms with Crippen LogP contribution in [0.1, 0.15) is 40.7 Å². The van der Waals surface area contributed by atoms with E-state index in [0.717, 1.165) is 16.7 Å². The van der Waals surface area contributed by atoms with Crippen molar-refractivity contribution in [2.24, 2.45) is 0 Å². The molecule has 4 rings (SSSR count). The predicted molar refractivity (Wildman–Crippen MR) is 109 cm³/mol. The van der Waals surface area contributed by atoms with Crippen LogP contribution < -0.4 is 5.32 Å². The number of carbonyl (C=O) groups excluding carboxylic acids is 2. The van der Waals surface area contributed by atoms with E-state index in [-0.39, 0.29) is 24.0 Å². The molecule has 2 aliphatic heterocycles. The van der Waals surface area contributed by atoms with E-state index in [0.29, 0.717) is 45.6 Å². The Morgan fingerprint density at radius 3 is 2.55 bits per heavy atom. The molecule has 152 valence electrons. The molecule has 0 bridgehead atoms. The first-order chi connectivity index (χ1) is 14.1. The molecule has 0 atom stereocenters. The summed E-state index contributed by atoms with van der Waals surface area (Å²) < 4.78 is 5.54. The minimum atomic E-state index is -0.503. The van der Waals surface area contributed by atoms with E-state index in [1.54, 1.807) is 12.1 Å². The first-order valence-electron chi connectivity index (χ1n) is 10.1. The van der Waals surface area contributed by atoms with Crippen LogP contribution >= 0.6 is 0 Å². The second kappa shape index (κ2) is 8.25. The van der Waals surface area contributed by atoms with Crippen LogP contribution in [0, 0.1) is 0 Å². The highest BCUT2D eigenvalue weighted by Gasteiger charge is 2.45. The molecule has 2 N–H and O–H groups in total. The van der Waals surface area contributed by atoms with E-state index >= 15 is 0 Å². The molecule has 0 unspecified atom stereocenters. The molecule has 0 aromatic heterocycles. The molecular weight excluding hydrogens is 368 g/mol. The number of hydrogen-bond acceptors (Lipinski definition) is 4. The molecule has 6 nitrogen and oxygen atoms in total. The summed E-state index contributed by atoms with van der Waals surface area (Å²) >= 11 is 0. The van der Waals surface area contributed by atoms with Gasteiger partial charge in [-0.1, -0.05) is 30.3 Å². The average molecular weight is 394 g/mol. The maximum absolute atomic E-state index is 13.0. The molecule has 2 heterocycles. The number of phenolic OH excluding ortho intramolecular Hbond substituents is 1. The van der Waals surface area contributed by atoms with Gasteiger partial charge >= 0.3 is 0 Å². The molecule has 0 spiro atoms. The smallest absolute Gasteiger partial charge is 0.254 e. The van der Waals surface area contributed by atoms with Crippen LogP contribution in [0.2, 0.25) is 0 Å². The molecule has 1 saturated heterocycles. The summed E-state index contributed by atoms with van der Waals surface area (Å²) in [5.41, 5.74) is 2.31. The molecule has 0 saturated carbocycles. The zero-order valence-corrected chi connectivity index (χ0v) is 16.4. The Labute approximate surface area is 170 Å². The number of amides is 2. The minimum Gasteiger partial charge on any atom is -0.508 e. The molecule has 2 amide bonds. The van der Waals surface area contributed by atoms with Crippen molar-refractivity contribution in [1.82, 2.24) is 10.2 Å². The quantitative estimate of drug-likeness (QED) is 0.790. The van der Waals surface area contributed by atoms with Crippen LogP contribution in [-0.4, -0.2) is 47.1 Å². The number of carbonyl (C=O) groups is 2. The van der Waals surface area contributed by atoms with Gasteiger partial charge in [-0.3, -0.25) is 9.59 Å². The summed E-state index contributed by atoms with van der Waals surface area (Å²) in [6.45, 7) is 2.18. The fraction of sp³-hybridized carbons (Fsp3) is 0.391. The Hall–Kier alpha value is -2.86. The van der Waals surface area contributed by atoms with Gasteiger partial charge < -0.3 is 20.1 Å². The van der Waals surface area contributed by atoms with Crippen molar-refractivity contribution in [2.45, 2.75) is 37.8 Å². The number of rotatable bonds is 6. The van der Waals surface area contributed by atoms with Gasteiger partial charge in [0.15, 0.2) is 0 Å². The number of nitrogens with zero attached hydrogens (tertiary/aromatic N) is 1. The topological polar surface area (TPSA) is 78.9 Å². The molecule has 0 radical (unpaired) electrons. The summed E-state index contributed by atoms with van der Waals surface area (Å²) in [7, 11) is 0. The zero-order valence-electron chi connectivity index (χ0n) is 16.4. The fourth-order valence-corrected chi connectivity index (χ4v) is 4.30.